The first-order valence-electron chi connectivity index (χ1n) is 13.1. The fourth-order valence-electron chi connectivity index (χ4n) is 3.92. The van der Waals surface area contributed by atoms with Crippen LogP contribution in [-0.2, 0) is 24.3 Å². The summed E-state index contributed by atoms with van der Waals surface area (Å²) in [4.78, 5) is 40.5. The number of unbranched alkanes of at least 4 members (excludes halogenated alkanes) is 1. The van der Waals surface area contributed by atoms with E-state index in [0.717, 1.165) is 24.8 Å². The van der Waals surface area contributed by atoms with Gasteiger partial charge in [0, 0.05) is 43.1 Å². The smallest absolute Gasteiger partial charge is 0.409 e. The maximum atomic E-state index is 12.9. The molecule has 1 heterocycles. The van der Waals surface area contributed by atoms with E-state index >= 15 is 0 Å². The van der Waals surface area contributed by atoms with Crippen LogP contribution in [0.4, 0.5) is 21.9 Å². The highest BCUT2D eigenvalue weighted by atomic mass is 32.2. The van der Waals surface area contributed by atoms with Gasteiger partial charge < -0.3 is 29.3 Å². The molecule has 1 fully saturated rings. The monoisotopic (exact) mass is 576 g/mol. The molecule has 40 heavy (non-hydrogen) atoms. The van der Waals surface area contributed by atoms with E-state index in [-0.39, 0.29) is 24.1 Å². The largest absolute Gasteiger partial charge is 0.480 e. The van der Waals surface area contributed by atoms with Crippen LogP contribution in [-0.4, -0.2) is 83.5 Å². The van der Waals surface area contributed by atoms with E-state index in [1.54, 1.807) is 24.0 Å². The van der Waals surface area contributed by atoms with Crippen LogP contribution >= 0.6 is 0 Å². The van der Waals surface area contributed by atoms with Gasteiger partial charge in [0.25, 0.3) is 5.91 Å². The summed E-state index contributed by atoms with van der Waals surface area (Å²) in [6.07, 6.45) is 2.51. The summed E-state index contributed by atoms with van der Waals surface area (Å²) in [6, 6.07) is 11.5. The molecule has 2 aromatic carbocycles. The van der Waals surface area contributed by atoms with Gasteiger partial charge in [0.2, 0.25) is 10.0 Å². The van der Waals surface area contributed by atoms with Gasteiger partial charge in [-0.3, -0.25) is 9.52 Å². The predicted molar refractivity (Wildman–Crippen MR) is 151 cm³/mol. The zero-order valence-corrected chi connectivity index (χ0v) is 23.8. The van der Waals surface area contributed by atoms with Crippen molar-refractivity contribution in [2.24, 2.45) is 0 Å². The second-order valence-corrected chi connectivity index (χ2v) is 10.9. The van der Waals surface area contributed by atoms with Gasteiger partial charge in [-0.1, -0.05) is 13.3 Å². The van der Waals surface area contributed by atoms with E-state index in [1.807, 2.05) is 19.1 Å². The zero-order chi connectivity index (χ0) is 29.1. The maximum absolute atomic E-state index is 12.9. The summed E-state index contributed by atoms with van der Waals surface area (Å²) in [5.74, 6) is -0.882. The molecular formula is C27H36N4O8S. The van der Waals surface area contributed by atoms with Crippen LogP contribution in [0.25, 0.3) is 0 Å². The Hall–Kier alpha value is -4.00. The highest BCUT2D eigenvalue weighted by Crippen LogP contribution is 2.29. The van der Waals surface area contributed by atoms with E-state index < -0.39 is 28.5 Å². The molecule has 2 amide bonds. The third-order valence-electron chi connectivity index (χ3n) is 5.94. The van der Waals surface area contributed by atoms with Crippen molar-refractivity contribution in [3.63, 3.8) is 0 Å². The molecule has 0 aliphatic carbocycles. The van der Waals surface area contributed by atoms with Crippen molar-refractivity contribution in [1.82, 2.24) is 4.90 Å². The van der Waals surface area contributed by atoms with Crippen LogP contribution < -0.4 is 19.7 Å². The minimum Gasteiger partial charge on any atom is -0.480 e. The molecule has 0 saturated carbocycles. The number of nitrogens with one attached hydrogen (secondary N) is 2. The minimum atomic E-state index is -3.67. The summed E-state index contributed by atoms with van der Waals surface area (Å²) in [5.41, 5.74) is 1.72. The molecule has 1 aliphatic heterocycles. The number of hydrogen-bond acceptors (Lipinski definition) is 9. The normalized spacial score (nSPS) is 13.4. The number of ether oxygens (including phenoxy) is 3. The molecule has 1 saturated heterocycles. The molecule has 0 spiro atoms. The first-order chi connectivity index (χ1) is 19.1. The quantitative estimate of drug-likeness (QED) is 0.287. The molecule has 218 valence electrons. The summed E-state index contributed by atoms with van der Waals surface area (Å²) >= 11 is 0. The summed E-state index contributed by atoms with van der Waals surface area (Å²) < 4.78 is 41.5. The number of nitrogens with zero attached hydrogens (tertiary/aromatic N) is 2. The number of rotatable bonds is 12. The molecule has 2 aromatic rings. The number of sulfonamides is 1. The van der Waals surface area contributed by atoms with Crippen LogP contribution in [0.1, 0.15) is 37.0 Å². The number of hydrogen-bond donors (Lipinski definition) is 2. The Morgan fingerprint density at radius 3 is 2.27 bits per heavy atom. The second kappa shape index (κ2) is 14.4. The second-order valence-electron chi connectivity index (χ2n) is 9.12. The fraction of sp³-hybridized carbons (Fsp3) is 0.444. The predicted octanol–water partition coefficient (Wildman–Crippen LogP) is 3.31. The topological polar surface area (TPSA) is 144 Å². The Balaban J connectivity index is 1.60. The van der Waals surface area contributed by atoms with Crippen molar-refractivity contribution < 1.29 is 37.0 Å². The SMILES string of the molecule is CCCCOC(=O)N1CCN(c2ccc(C(=O)Nc3ccc(OCC(=O)OCC)c(NS(C)(=O)=O)c3)cc2)CC1. The lowest BCUT2D eigenvalue weighted by molar-refractivity contribution is -0.145. The van der Waals surface area contributed by atoms with Crippen molar-refractivity contribution in [3.05, 3.63) is 48.0 Å². The number of carbonyl (C=O) groups is 3. The number of carbonyl (C=O) groups excluding carboxylic acids is 3. The Labute approximate surface area is 234 Å². The van der Waals surface area contributed by atoms with E-state index in [9.17, 15) is 22.8 Å². The van der Waals surface area contributed by atoms with Gasteiger partial charge in [0.1, 0.15) is 5.75 Å². The lowest BCUT2D eigenvalue weighted by atomic mass is 10.1. The van der Waals surface area contributed by atoms with Gasteiger partial charge in [0.15, 0.2) is 6.61 Å². The number of anilines is 3. The first-order valence-corrected chi connectivity index (χ1v) is 15.0. The van der Waals surface area contributed by atoms with E-state index in [0.29, 0.717) is 44.0 Å². The minimum absolute atomic E-state index is 0.0633. The zero-order valence-electron chi connectivity index (χ0n) is 23.0. The van der Waals surface area contributed by atoms with Crippen molar-refractivity contribution in [3.8, 4) is 5.75 Å². The van der Waals surface area contributed by atoms with Gasteiger partial charge in [-0.05, 0) is 55.8 Å². The maximum Gasteiger partial charge on any atom is 0.409 e. The van der Waals surface area contributed by atoms with Crippen molar-refractivity contribution >= 4 is 45.1 Å². The van der Waals surface area contributed by atoms with Gasteiger partial charge in [0.05, 0.1) is 25.2 Å². The summed E-state index contributed by atoms with van der Waals surface area (Å²) in [5, 5.41) is 2.74. The van der Waals surface area contributed by atoms with Gasteiger partial charge in [-0.25, -0.2) is 18.0 Å². The van der Waals surface area contributed by atoms with Gasteiger partial charge in [-0.2, -0.15) is 0 Å². The fourth-order valence-corrected chi connectivity index (χ4v) is 4.48. The molecule has 12 nitrogen and oxygen atoms in total. The van der Waals surface area contributed by atoms with Crippen molar-refractivity contribution in [2.45, 2.75) is 26.7 Å². The molecule has 1 aliphatic rings. The third-order valence-corrected chi connectivity index (χ3v) is 6.53. The Kier molecular flexibility index (Phi) is 11.0. The Morgan fingerprint density at radius 2 is 1.65 bits per heavy atom. The number of amides is 2. The van der Waals surface area contributed by atoms with Gasteiger partial charge >= 0.3 is 12.1 Å². The average Bonchev–Trinajstić information content (AvgIpc) is 2.92. The number of piperazine rings is 1. The van der Waals surface area contributed by atoms with Crippen LogP contribution in [0.2, 0.25) is 0 Å². The van der Waals surface area contributed by atoms with Gasteiger partial charge in [-0.15, -0.1) is 0 Å². The molecule has 13 heteroatoms. The van der Waals surface area contributed by atoms with Crippen molar-refractivity contribution in [2.75, 3.05) is 67.2 Å². The Bertz CT molecular complexity index is 1280. The molecular weight excluding hydrogens is 540 g/mol. The Morgan fingerprint density at radius 1 is 0.950 bits per heavy atom. The molecule has 0 bridgehead atoms. The molecule has 0 atom stereocenters. The highest BCUT2D eigenvalue weighted by molar-refractivity contribution is 7.92. The molecule has 0 unspecified atom stereocenters. The third kappa shape index (κ3) is 9.33. The van der Waals surface area contributed by atoms with Crippen LogP contribution in [0.5, 0.6) is 5.75 Å². The average molecular weight is 577 g/mol. The molecule has 2 N–H and O–H groups in total. The molecule has 0 aromatic heterocycles. The molecule has 3 rings (SSSR count). The highest BCUT2D eigenvalue weighted by Gasteiger charge is 2.22. The van der Waals surface area contributed by atoms with E-state index in [2.05, 4.69) is 14.9 Å². The number of esters is 1. The van der Waals surface area contributed by atoms with Crippen LogP contribution in [0, 0.1) is 0 Å². The summed E-state index contributed by atoms with van der Waals surface area (Å²) in [7, 11) is -3.67. The van der Waals surface area contributed by atoms with E-state index in [4.69, 9.17) is 14.2 Å². The summed E-state index contributed by atoms with van der Waals surface area (Å²) in [6.45, 7) is 6.33. The lowest BCUT2D eigenvalue weighted by Crippen LogP contribution is -2.49. The standard InChI is InChI=1S/C27H36N4O8S/c1-4-6-17-38-27(34)31-15-13-30(14-16-31)22-10-7-20(8-11-22)26(33)28-21-9-12-24(39-19-25(32)37-5-2)23(18-21)29-40(3,35)36/h7-12,18,29H,4-6,13-17,19H2,1-3H3,(H,28,33). The number of benzene rings is 2. The first kappa shape index (κ1) is 30.5. The van der Waals surface area contributed by atoms with Crippen LogP contribution in [0.3, 0.4) is 0 Å². The lowest BCUT2D eigenvalue weighted by Gasteiger charge is -2.35. The van der Waals surface area contributed by atoms with E-state index in [1.165, 1.54) is 18.2 Å². The van der Waals surface area contributed by atoms with Crippen LogP contribution in [0.15, 0.2) is 42.5 Å². The molecule has 0 radical (unpaired) electrons. The van der Waals surface area contributed by atoms with Crippen molar-refractivity contribution in [1.29, 1.82) is 0 Å².